The molecule has 1 aliphatic heterocycles. The van der Waals surface area contributed by atoms with Crippen LogP contribution in [-0.2, 0) is 11.8 Å². The van der Waals surface area contributed by atoms with Crippen LogP contribution in [-0.4, -0.2) is 33.3 Å². The number of hydrogen-bond donors (Lipinski definition) is 1. The molecule has 4 nitrogen and oxygen atoms in total. The molecule has 0 saturated heterocycles. The third kappa shape index (κ3) is 1.78. The van der Waals surface area contributed by atoms with Gasteiger partial charge in [-0.1, -0.05) is 30.3 Å². The van der Waals surface area contributed by atoms with Crippen molar-refractivity contribution in [3.8, 4) is 0 Å². The first-order valence-electron chi connectivity index (χ1n) is 8.52. The predicted octanol–water partition coefficient (Wildman–Crippen LogP) is 3.84. The number of ketones is 1. The third-order valence-electron chi connectivity index (χ3n) is 5.26. The molecule has 126 valence electrons. The monoisotopic (exact) mass is 341 g/mol. The summed E-state index contributed by atoms with van der Waals surface area (Å²) >= 11 is 0. The maximum atomic E-state index is 13.0. The quantitative estimate of drug-likeness (QED) is 0.540. The highest BCUT2D eigenvalue weighted by Crippen LogP contribution is 2.44. The van der Waals surface area contributed by atoms with Gasteiger partial charge < -0.3 is 9.67 Å². The second-order valence-electron chi connectivity index (χ2n) is 6.77. The lowest BCUT2D eigenvalue weighted by Crippen LogP contribution is -2.22. The van der Waals surface area contributed by atoms with Gasteiger partial charge >= 0.3 is 0 Å². The molecule has 1 aliphatic carbocycles. The van der Waals surface area contributed by atoms with Crippen LogP contribution in [0.5, 0.6) is 0 Å². The molecule has 26 heavy (non-hydrogen) atoms. The van der Waals surface area contributed by atoms with E-state index >= 15 is 0 Å². The number of hydrogen-bond acceptors (Lipinski definition) is 2. The Hall–Kier alpha value is -3.40. The Labute approximate surface area is 150 Å². The number of benzene rings is 2. The summed E-state index contributed by atoms with van der Waals surface area (Å²) in [7, 11) is 3.89. The number of carbonyl (C=O) groups is 1. The van der Waals surface area contributed by atoms with Crippen molar-refractivity contribution in [2.75, 3.05) is 7.05 Å². The number of aromatic nitrogens is 1. The molecule has 0 spiro atoms. The second kappa shape index (κ2) is 5.05. The summed E-state index contributed by atoms with van der Waals surface area (Å²) in [5.41, 5.74) is 5.43. The standard InChI is InChI=1S/C22H16N2O2/c1-23-11-15(13-7-3-5-9-17(13)23)19-21(25)20(22(19)26)16-12-24(2)18-10-6-4-8-14(16)18/h3-12H,1-2H3/p+1. The minimum atomic E-state index is -0.102. The van der Waals surface area contributed by atoms with Gasteiger partial charge in [0, 0.05) is 35.8 Å². The van der Waals surface area contributed by atoms with Crippen LogP contribution in [0.3, 0.4) is 0 Å². The Morgan fingerprint density at radius 1 is 0.962 bits per heavy atom. The van der Waals surface area contributed by atoms with E-state index < -0.39 is 0 Å². The number of allylic oxidation sites excluding steroid dienone is 3. The van der Waals surface area contributed by atoms with Crippen molar-refractivity contribution < 1.29 is 14.5 Å². The van der Waals surface area contributed by atoms with Crippen LogP contribution in [0.4, 0.5) is 5.69 Å². The van der Waals surface area contributed by atoms with Gasteiger partial charge in [0.05, 0.1) is 22.3 Å². The number of aliphatic hydroxyl groups excluding tert-OH is 1. The SMILES string of the molecule is Cn1cc(C2=C(O)/C(=C3\C=[N+](C)c4ccccc43)C2=O)c2ccccc21. The highest BCUT2D eigenvalue weighted by Gasteiger charge is 2.41. The summed E-state index contributed by atoms with van der Waals surface area (Å²) in [5, 5.41) is 11.8. The van der Waals surface area contributed by atoms with Gasteiger partial charge in [-0.15, -0.1) is 0 Å². The topological polar surface area (TPSA) is 45.2 Å². The molecule has 0 fully saturated rings. The van der Waals surface area contributed by atoms with Crippen LogP contribution in [0.2, 0.25) is 0 Å². The second-order valence-corrected chi connectivity index (χ2v) is 6.77. The number of aryl methyl sites for hydroxylation is 1. The summed E-state index contributed by atoms with van der Waals surface area (Å²) in [4.78, 5) is 13.0. The normalized spacial score (nSPS) is 19.0. The largest absolute Gasteiger partial charge is 0.506 e. The van der Waals surface area contributed by atoms with Gasteiger partial charge in [0.15, 0.2) is 6.21 Å². The summed E-state index contributed by atoms with van der Waals surface area (Å²) in [6.45, 7) is 0. The molecule has 0 atom stereocenters. The first-order chi connectivity index (χ1) is 12.6. The van der Waals surface area contributed by atoms with Crippen molar-refractivity contribution in [2.24, 2.45) is 7.05 Å². The maximum Gasteiger partial charge on any atom is 0.213 e. The fraction of sp³-hybridized carbons (Fsp3) is 0.0909. The van der Waals surface area contributed by atoms with Crippen LogP contribution < -0.4 is 0 Å². The van der Waals surface area contributed by atoms with E-state index in [9.17, 15) is 9.90 Å². The van der Waals surface area contributed by atoms with Gasteiger partial charge in [0.25, 0.3) is 0 Å². The average molecular weight is 341 g/mol. The van der Waals surface area contributed by atoms with Crippen LogP contribution in [0.1, 0.15) is 11.1 Å². The predicted molar refractivity (Wildman–Crippen MR) is 103 cm³/mol. The van der Waals surface area contributed by atoms with Gasteiger partial charge in [0.1, 0.15) is 12.8 Å². The molecule has 0 bridgehead atoms. The number of aliphatic hydroxyl groups is 1. The zero-order chi connectivity index (χ0) is 18.0. The molecular formula is C22H17N2O2+. The van der Waals surface area contributed by atoms with E-state index in [1.807, 2.05) is 84.2 Å². The Balaban J connectivity index is 1.73. The molecule has 3 aromatic rings. The highest BCUT2D eigenvalue weighted by molar-refractivity contribution is 6.45. The number of rotatable bonds is 1. The number of para-hydroxylation sites is 2. The van der Waals surface area contributed by atoms with E-state index in [2.05, 4.69) is 0 Å². The van der Waals surface area contributed by atoms with E-state index in [1.54, 1.807) is 0 Å². The zero-order valence-corrected chi connectivity index (χ0v) is 14.5. The Morgan fingerprint density at radius 2 is 1.69 bits per heavy atom. The van der Waals surface area contributed by atoms with Crippen molar-refractivity contribution >= 4 is 39.7 Å². The Kier molecular flexibility index (Phi) is 2.89. The molecule has 2 aromatic carbocycles. The van der Waals surface area contributed by atoms with E-state index in [0.717, 1.165) is 33.3 Å². The zero-order valence-electron chi connectivity index (χ0n) is 14.5. The Bertz CT molecular complexity index is 1220. The summed E-state index contributed by atoms with van der Waals surface area (Å²) < 4.78 is 3.96. The molecule has 4 heteroatoms. The van der Waals surface area contributed by atoms with Gasteiger partial charge in [-0.25, -0.2) is 4.58 Å². The fourth-order valence-corrected chi connectivity index (χ4v) is 3.98. The Morgan fingerprint density at radius 3 is 2.50 bits per heavy atom. The van der Waals surface area contributed by atoms with E-state index in [4.69, 9.17) is 0 Å². The van der Waals surface area contributed by atoms with Crippen molar-refractivity contribution in [1.82, 2.24) is 4.57 Å². The van der Waals surface area contributed by atoms with Crippen LogP contribution in [0.15, 0.2) is 66.1 Å². The smallest absolute Gasteiger partial charge is 0.213 e. The lowest BCUT2D eigenvalue weighted by Gasteiger charge is -2.22. The van der Waals surface area contributed by atoms with Crippen molar-refractivity contribution in [2.45, 2.75) is 0 Å². The van der Waals surface area contributed by atoms with Gasteiger partial charge in [-0.3, -0.25) is 4.79 Å². The fourth-order valence-electron chi connectivity index (χ4n) is 3.98. The number of fused-ring (bicyclic) bond motifs is 2. The molecule has 0 radical (unpaired) electrons. The molecule has 1 aromatic heterocycles. The molecule has 1 N–H and O–H groups in total. The van der Waals surface area contributed by atoms with Crippen LogP contribution >= 0.6 is 0 Å². The summed E-state index contributed by atoms with van der Waals surface area (Å²) in [6.07, 6.45) is 3.82. The van der Waals surface area contributed by atoms with E-state index in [0.29, 0.717) is 11.1 Å². The maximum absolute atomic E-state index is 13.0. The molecule has 2 aliphatic rings. The van der Waals surface area contributed by atoms with E-state index in [1.165, 1.54) is 0 Å². The first-order valence-corrected chi connectivity index (χ1v) is 8.52. The lowest BCUT2D eigenvalue weighted by atomic mass is 9.80. The average Bonchev–Trinajstić information content (AvgIpc) is 3.14. The van der Waals surface area contributed by atoms with Crippen molar-refractivity contribution in [1.29, 1.82) is 0 Å². The van der Waals surface area contributed by atoms with Gasteiger partial charge in [-0.2, -0.15) is 0 Å². The minimum absolute atomic E-state index is 0.0858. The summed E-state index contributed by atoms with van der Waals surface area (Å²) in [5.74, 6) is -0.0158. The van der Waals surface area contributed by atoms with Crippen molar-refractivity contribution in [3.05, 3.63) is 77.2 Å². The first kappa shape index (κ1) is 14.9. The molecule has 0 unspecified atom stereocenters. The van der Waals surface area contributed by atoms with Gasteiger partial charge in [-0.05, 0) is 12.1 Å². The minimum Gasteiger partial charge on any atom is -0.506 e. The van der Waals surface area contributed by atoms with Crippen LogP contribution in [0.25, 0.3) is 22.0 Å². The molecule has 0 amide bonds. The van der Waals surface area contributed by atoms with E-state index in [-0.39, 0.29) is 11.5 Å². The molecule has 5 rings (SSSR count). The number of nitrogens with zero attached hydrogens (tertiary/aromatic N) is 2. The van der Waals surface area contributed by atoms with Gasteiger partial charge in [0.2, 0.25) is 11.5 Å². The lowest BCUT2D eigenvalue weighted by molar-refractivity contribution is -0.395. The summed E-state index contributed by atoms with van der Waals surface area (Å²) in [6, 6.07) is 15.8. The molecule has 0 saturated carbocycles. The molecule has 2 heterocycles. The number of carbonyl (C=O) groups excluding carboxylic acids is 1. The van der Waals surface area contributed by atoms with Crippen LogP contribution in [0, 0.1) is 0 Å². The molecular weight excluding hydrogens is 324 g/mol. The highest BCUT2D eigenvalue weighted by atomic mass is 16.3. The van der Waals surface area contributed by atoms with Crippen molar-refractivity contribution in [3.63, 3.8) is 0 Å². The number of Topliss-reactive ketones (excluding diaryl/α,β-unsaturated/α-hetero) is 1. The third-order valence-corrected chi connectivity index (χ3v) is 5.26.